The van der Waals surface area contributed by atoms with Gasteiger partial charge in [0.1, 0.15) is 6.10 Å². The lowest BCUT2D eigenvalue weighted by Crippen LogP contribution is -2.41. The smallest absolute Gasteiger partial charge is 0.253 e. The molecule has 138 valence electrons. The summed E-state index contributed by atoms with van der Waals surface area (Å²) in [5.74, 6) is 1.14. The molecule has 1 aliphatic heterocycles. The molecule has 0 atom stereocenters. The standard InChI is InChI=1S/C19H18ClN5O2/c20-15-4-2-14(3-5-15)19(26)24-12-8-16(9-13-24)27-18-7-6-17(22-23-18)25-11-1-10-21-25/h1-7,10-11,16H,8-9,12-13H2. The van der Waals surface area contributed by atoms with Crippen molar-refractivity contribution < 1.29 is 9.53 Å². The number of piperidine rings is 1. The molecule has 1 amide bonds. The first-order chi connectivity index (χ1) is 13.2. The van der Waals surface area contributed by atoms with Gasteiger partial charge >= 0.3 is 0 Å². The molecule has 0 N–H and O–H groups in total. The lowest BCUT2D eigenvalue weighted by molar-refractivity contribution is 0.0586. The predicted octanol–water partition coefficient (Wildman–Crippen LogP) is 3.00. The van der Waals surface area contributed by atoms with Crippen LogP contribution in [0.5, 0.6) is 5.88 Å². The normalized spacial score (nSPS) is 14.9. The second kappa shape index (κ2) is 7.75. The molecule has 7 nitrogen and oxygen atoms in total. The number of aromatic nitrogens is 4. The molecule has 0 radical (unpaired) electrons. The van der Waals surface area contributed by atoms with Crippen LogP contribution in [0.1, 0.15) is 23.2 Å². The van der Waals surface area contributed by atoms with Crippen LogP contribution < -0.4 is 4.74 Å². The van der Waals surface area contributed by atoms with Gasteiger partial charge in [0.2, 0.25) is 5.88 Å². The Kier molecular flexibility index (Phi) is 5.02. The predicted molar refractivity (Wildman–Crippen MR) is 100 cm³/mol. The molecule has 8 heteroatoms. The van der Waals surface area contributed by atoms with Gasteiger partial charge in [-0.15, -0.1) is 10.2 Å². The molecule has 27 heavy (non-hydrogen) atoms. The summed E-state index contributed by atoms with van der Waals surface area (Å²) in [7, 11) is 0. The van der Waals surface area contributed by atoms with Crippen molar-refractivity contribution in [3.63, 3.8) is 0 Å². The van der Waals surface area contributed by atoms with E-state index in [1.54, 1.807) is 47.4 Å². The minimum Gasteiger partial charge on any atom is -0.473 e. The third-order valence-corrected chi connectivity index (χ3v) is 4.72. The number of hydrogen-bond donors (Lipinski definition) is 0. The number of halogens is 1. The number of nitrogens with zero attached hydrogens (tertiary/aromatic N) is 5. The minimum atomic E-state index is 0.0177. The zero-order valence-corrected chi connectivity index (χ0v) is 15.3. The van der Waals surface area contributed by atoms with E-state index in [9.17, 15) is 4.79 Å². The van der Waals surface area contributed by atoms with Crippen LogP contribution in [0.4, 0.5) is 0 Å². The maximum atomic E-state index is 12.5. The number of likely N-dealkylation sites (tertiary alicyclic amines) is 1. The van der Waals surface area contributed by atoms with E-state index < -0.39 is 0 Å². The van der Waals surface area contributed by atoms with Crippen LogP contribution in [0, 0.1) is 0 Å². The quantitative estimate of drug-likeness (QED) is 0.692. The van der Waals surface area contributed by atoms with Crippen molar-refractivity contribution >= 4 is 17.5 Å². The molecule has 1 aliphatic rings. The highest BCUT2D eigenvalue weighted by Crippen LogP contribution is 2.19. The van der Waals surface area contributed by atoms with E-state index in [0.717, 1.165) is 12.8 Å². The van der Waals surface area contributed by atoms with Crippen molar-refractivity contribution in [2.24, 2.45) is 0 Å². The monoisotopic (exact) mass is 383 g/mol. The fourth-order valence-corrected chi connectivity index (χ4v) is 3.15. The Hall–Kier alpha value is -2.93. The molecular weight excluding hydrogens is 366 g/mol. The first-order valence-electron chi connectivity index (χ1n) is 8.74. The van der Waals surface area contributed by atoms with Crippen LogP contribution >= 0.6 is 11.6 Å². The van der Waals surface area contributed by atoms with E-state index in [1.165, 1.54) is 0 Å². The maximum absolute atomic E-state index is 12.5. The van der Waals surface area contributed by atoms with Crippen LogP contribution in [0.2, 0.25) is 5.02 Å². The molecule has 2 aromatic heterocycles. The number of carbonyl (C=O) groups excluding carboxylic acids is 1. The van der Waals surface area contributed by atoms with E-state index in [0.29, 0.717) is 35.4 Å². The van der Waals surface area contributed by atoms with Crippen molar-refractivity contribution in [1.82, 2.24) is 24.9 Å². The SMILES string of the molecule is O=C(c1ccc(Cl)cc1)N1CCC(Oc2ccc(-n3cccn3)nn2)CC1. The van der Waals surface area contributed by atoms with Gasteiger partial charge in [-0.1, -0.05) is 11.6 Å². The fraction of sp³-hybridized carbons (Fsp3) is 0.263. The highest BCUT2D eigenvalue weighted by atomic mass is 35.5. The summed E-state index contributed by atoms with van der Waals surface area (Å²) in [6.45, 7) is 1.29. The molecule has 4 rings (SSSR count). The zero-order chi connectivity index (χ0) is 18.6. The van der Waals surface area contributed by atoms with Gasteiger partial charge in [-0.25, -0.2) is 4.68 Å². The number of carbonyl (C=O) groups is 1. The highest BCUT2D eigenvalue weighted by Gasteiger charge is 2.25. The molecule has 0 bridgehead atoms. The molecule has 1 fully saturated rings. The second-order valence-corrected chi connectivity index (χ2v) is 6.73. The van der Waals surface area contributed by atoms with Crippen molar-refractivity contribution in [3.8, 4) is 11.7 Å². The Morgan fingerprint density at radius 1 is 1.07 bits per heavy atom. The number of rotatable bonds is 4. The first-order valence-corrected chi connectivity index (χ1v) is 9.12. The molecule has 3 heterocycles. The third-order valence-electron chi connectivity index (χ3n) is 4.47. The molecule has 1 saturated heterocycles. The maximum Gasteiger partial charge on any atom is 0.253 e. The largest absolute Gasteiger partial charge is 0.473 e. The van der Waals surface area contributed by atoms with E-state index in [-0.39, 0.29) is 12.0 Å². The number of benzene rings is 1. The third kappa shape index (κ3) is 4.09. The number of hydrogen-bond acceptors (Lipinski definition) is 5. The average molecular weight is 384 g/mol. The lowest BCUT2D eigenvalue weighted by atomic mass is 10.1. The summed E-state index contributed by atoms with van der Waals surface area (Å²) in [6, 6.07) is 12.4. The van der Waals surface area contributed by atoms with Crippen LogP contribution in [0.3, 0.4) is 0 Å². The van der Waals surface area contributed by atoms with E-state index >= 15 is 0 Å². The molecule has 0 saturated carbocycles. The Balaban J connectivity index is 1.31. The van der Waals surface area contributed by atoms with Gasteiger partial charge in [0.15, 0.2) is 5.82 Å². The summed E-state index contributed by atoms with van der Waals surface area (Å²) in [6.07, 6.45) is 5.01. The average Bonchev–Trinajstić information content (AvgIpc) is 3.24. The molecule has 0 spiro atoms. The number of ether oxygens (including phenoxy) is 1. The van der Waals surface area contributed by atoms with Crippen molar-refractivity contribution in [2.45, 2.75) is 18.9 Å². The van der Waals surface area contributed by atoms with Crippen LogP contribution in [0.25, 0.3) is 5.82 Å². The van der Waals surface area contributed by atoms with E-state index in [2.05, 4.69) is 15.3 Å². The Morgan fingerprint density at radius 3 is 2.48 bits per heavy atom. The van der Waals surface area contributed by atoms with Crippen molar-refractivity contribution in [1.29, 1.82) is 0 Å². The van der Waals surface area contributed by atoms with Gasteiger partial charge in [0, 0.05) is 55.0 Å². The van der Waals surface area contributed by atoms with Gasteiger partial charge in [-0.3, -0.25) is 4.79 Å². The van der Waals surface area contributed by atoms with Gasteiger partial charge in [0.25, 0.3) is 5.91 Å². The van der Waals surface area contributed by atoms with Gasteiger partial charge in [0.05, 0.1) is 0 Å². The topological polar surface area (TPSA) is 73.1 Å². The Morgan fingerprint density at radius 2 is 1.85 bits per heavy atom. The van der Waals surface area contributed by atoms with Gasteiger partial charge in [-0.05, 0) is 36.4 Å². The molecule has 1 aromatic carbocycles. The number of amides is 1. The van der Waals surface area contributed by atoms with E-state index in [4.69, 9.17) is 16.3 Å². The van der Waals surface area contributed by atoms with Crippen LogP contribution in [-0.4, -0.2) is 50.0 Å². The summed E-state index contributed by atoms with van der Waals surface area (Å²) in [5.41, 5.74) is 0.652. The minimum absolute atomic E-state index is 0.0177. The first kappa shape index (κ1) is 17.5. The lowest BCUT2D eigenvalue weighted by Gasteiger charge is -2.31. The molecular formula is C19H18ClN5O2. The Labute approximate surface area is 161 Å². The fourth-order valence-electron chi connectivity index (χ4n) is 3.02. The van der Waals surface area contributed by atoms with Crippen LogP contribution in [0.15, 0.2) is 54.9 Å². The van der Waals surface area contributed by atoms with Gasteiger partial charge < -0.3 is 9.64 Å². The van der Waals surface area contributed by atoms with Crippen LogP contribution in [-0.2, 0) is 0 Å². The summed E-state index contributed by atoms with van der Waals surface area (Å²) < 4.78 is 7.56. The molecule has 3 aromatic rings. The summed E-state index contributed by atoms with van der Waals surface area (Å²) in [4.78, 5) is 14.4. The second-order valence-electron chi connectivity index (χ2n) is 6.30. The Bertz CT molecular complexity index is 889. The summed E-state index contributed by atoms with van der Waals surface area (Å²) in [5, 5.41) is 13.0. The van der Waals surface area contributed by atoms with Gasteiger partial charge in [-0.2, -0.15) is 5.10 Å². The highest BCUT2D eigenvalue weighted by molar-refractivity contribution is 6.30. The molecule has 0 unspecified atom stereocenters. The zero-order valence-electron chi connectivity index (χ0n) is 14.5. The van der Waals surface area contributed by atoms with Crippen molar-refractivity contribution in [3.05, 3.63) is 65.4 Å². The van der Waals surface area contributed by atoms with E-state index in [1.807, 2.05) is 17.0 Å². The summed E-state index contributed by atoms with van der Waals surface area (Å²) >= 11 is 5.88. The van der Waals surface area contributed by atoms with Crippen molar-refractivity contribution in [2.75, 3.05) is 13.1 Å². The molecule has 0 aliphatic carbocycles.